The van der Waals surface area contributed by atoms with Crippen LogP contribution in [-0.2, 0) is 0 Å². The fraction of sp³-hybridized carbons (Fsp3) is 0.429. The van der Waals surface area contributed by atoms with Crippen molar-refractivity contribution in [2.24, 2.45) is 5.92 Å². The number of piperidine rings is 1. The number of benzene rings is 2. The van der Waals surface area contributed by atoms with Crippen LogP contribution in [0.25, 0.3) is 0 Å². The molecular formula is C21H22Cl2FNO. The van der Waals surface area contributed by atoms with E-state index in [2.05, 4.69) is 24.1 Å². The van der Waals surface area contributed by atoms with E-state index in [-0.39, 0.29) is 5.02 Å². The summed E-state index contributed by atoms with van der Waals surface area (Å²) in [6.45, 7) is 0.516. The molecule has 26 heavy (non-hydrogen) atoms. The van der Waals surface area contributed by atoms with Crippen LogP contribution < -0.4 is 4.74 Å². The molecule has 2 bridgehead atoms. The van der Waals surface area contributed by atoms with Gasteiger partial charge in [-0.25, -0.2) is 4.39 Å². The zero-order chi connectivity index (χ0) is 18.3. The lowest BCUT2D eigenvalue weighted by Crippen LogP contribution is -2.47. The average Bonchev–Trinajstić information content (AvgIpc) is 2.87. The predicted octanol–water partition coefficient (Wildman–Crippen LogP) is 5.78. The number of rotatable bonds is 4. The molecule has 0 radical (unpaired) electrons. The Hall–Kier alpha value is -1.29. The molecule has 0 spiro atoms. The first-order chi connectivity index (χ1) is 12.5. The molecule has 2 aromatic rings. The molecule has 2 aromatic carbocycles. The van der Waals surface area contributed by atoms with Crippen LogP contribution in [0.15, 0.2) is 42.5 Å². The maximum atomic E-state index is 13.7. The molecule has 2 nitrogen and oxygen atoms in total. The number of fused-ring (bicyclic) bond motifs is 2. The van der Waals surface area contributed by atoms with Crippen molar-refractivity contribution in [3.05, 3.63) is 63.9 Å². The van der Waals surface area contributed by atoms with Gasteiger partial charge in [-0.1, -0.05) is 41.4 Å². The molecule has 0 N–H and O–H groups in total. The third-order valence-corrected chi connectivity index (χ3v) is 6.66. The zero-order valence-electron chi connectivity index (χ0n) is 14.7. The number of nitrogens with zero attached hydrogens (tertiary/aromatic N) is 1. The van der Waals surface area contributed by atoms with Gasteiger partial charge in [0.05, 0.1) is 6.61 Å². The highest BCUT2D eigenvalue weighted by molar-refractivity contribution is 6.32. The minimum absolute atomic E-state index is 0.0558. The summed E-state index contributed by atoms with van der Waals surface area (Å²) < 4.78 is 19.7. The van der Waals surface area contributed by atoms with E-state index in [1.54, 1.807) is 12.1 Å². The van der Waals surface area contributed by atoms with Crippen molar-refractivity contribution in [3.8, 4) is 5.75 Å². The van der Waals surface area contributed by atoms with E-state index in [1.807, 2.05) is 12.1 Å². The number of hydrogen-bond acceptors (Lipinski definition) is 2. The van der Waals surface area contributed by atoms with Crippen molar-refractivity contribution in [3.63, 3.8) is 0 Å². The summed E-state index contributed by atoms with van der Waals surface area (Å²) >= 11 is 12.3. The Bertz CT molecular complexity index is 799. The van der Waals surface area contributed by atoms with E-state index >= 15 is 0 Å². The van der Waals surface area contributed by atoms with Crippen LogP contribution in [0.1, 0.15) is 30.7 Å². The highest BCUT2D eigenvalue weighted by Gasteiger charge is 2.46. The predicted molar refractivity (Wildman–Crippen MR) is 104 cm³/mol. The summed E-state index contributed by atoms with van der Waals surface area (Å²) in [5.74, 6) is 0.669. The molecule has 0 saturated carbocycles. The first kappa shape index (κ1) is 18.1. The van der Waals surface area contributed by atoms with E-state index < -0.39 is 5.82 Å². The number of halogens is 3. The SMILES string of the molecule is CN1C2CCC1[C@@H](COc1cccc(F)c1Cl)[C@H](c1cccc(Cl)c1)C2. The highest BCUT2D eigenvalue weighted by Crippen LogP contribution is 2.46. The van der Waals surface area contributed by atoms with Gasteiger partial charge in [0, 0.05) is 23.0 Å². The second-order valence-electron chi connectivity index (χ2n) is 7.39. The standard InChI is InChI=1S/C21H22Cl2FNO/c1-25-15-8-9-19(25)17(12-26-20-7-3-6-18(24)21(20)23)16(11-15)13-4-2-5-14(22)10-13/h2-7,10,15-17,19H,8-9,11-12H2,1H3/t15?,16-,17-,19?/m0/s1. The molecular weight excluding hydrogens is 372 g/mol. The molecule has 2 aliphatic heterocycles. The normalized spacial score (nSPS) is 28.3. The van der Waals surface area contributed by atoms with Gasteiger partial charge in [-0.2, -0.15) is 0 Å². The summed E-state index contributed by atoms with van der Waals surface area (Å²) in [6, 6.07) is 13.9. The Morgan fingerprint density at radius 2 is 1.96 bits per heavy atom. The Morgan fingerprint density at radius 1 is 1.15 bits per heavy atom. The Balaban J connectivity index is 1.60. The van der Waals surface area contributed by atoms with E-state index in [1.165, 1.54) is 24.5 Å². The lowest BCUT2D eigenvalue weighted by molar-refractivity contribution is 0.0665. The Morgan fingerprint density at radius 3 is 2.77 bits per heavy atom. The summed E-state index contributed by atoms with van der Waals surface area (Å²) in [5.41, 5.74) is 1.27. The molecule has 0 aromatic heterocycles. The molecule has 138 valence electrons. The topological polar surface area (TPSA) is 12.5 Å². The first-order valence-electron chi connectivity index (χ1n) is 9.09. The second-order valence-corrected chi connectivity index (χ2v) is 8.20. The van der Waals surface area contributed by atoms with Crippen LogP contribution in [0.4, 0.5) is 4.39 Å². The molecule has 0 aliphatic carbocycles. The van der Waals surface area contributed by atoms with Gasteiger partial charge in [0.1, 0.15) is 16.6 Å². The first-order valence-corrected chi connectivity index (χ1v) is 9.84. The fourth-order valence-corrected chi connectivity index (χ4v) is 5.09. The summed E-state index contributed by atoms with van der Waals surface area (Å²) in [6.07, 6.45) is 3.48. The minimum Gasteiger partial charge on any atom is -0.492 e. The molecule has 2 fully saturated rings. The Kier molecular flexibility index (Phi) is 5.13. The van der Waals surface area contributed by atoms with Crippen LogP contribution in [-0.4, -0.2) is 30.6 Å². The average molecular weight is 394 g/mol. The fourth-order valence-electron chi connectivity index (χ4n) is 4.71. The summed E-state index contributed by atoms with van der Waals surface area (Å²) in [5, 5.41) is 0.821. The van der Waals surface area contributed by atoms with Crippen LogP contribution >= 0.6 is 23.2 Å². The van der Waals surface area contributed by atoms with Gasteiger partial charge in [0.15, 0.2) is 0 Å². The maximum Gasteiger partial charge on any atom is 0.145 e. The van der Waals surface area contributed by atoms with Crippen molar-refractivity contribution < 1.29 is 9.13 Å². The van der Waals surface area contributed by atoms with Crippen LogP contribution in [0, 0.1) is 11.7 Å². The maximum absolute atomic E-state index is 13.7. The van der Waals surface area contributed by atoms with Gasteiger partial charge in [0.2, 0.25) is 0 Å². The third kappa shape index (κ3) is 3.33. The quantitative estimate of drug-likeness (QED) is 0.652. The van der Waals surface area contributed by atoms with Crippen molar-refractivity contribution >= 4 is 23.2 Å². The van der Waals surface area contributed by atoms with Crippen molar-refractivity contribution in [1.82, 2.24) is 4.90 Å². The highest BCUT2D eigenvalue weighted by atomic mass is 35.5. The van der Waals surface area contributed by atoms with Crippen LogP contribution in [0.3, 0.4) is 0 Å². The second kappa shape index (κ2) is 7.38. The minimum atomic E-state index is -0.447. The summed E-state index contributed by atoms with van der Waals surface area (Å²) in [7, 11) is 2.21. The van der Waals surface area contributed by atoms with Gasteiger partial charge in [0.25, 0.3) is 0 Å². The molecule has 4 atom stereocenters. The largest absolute Gasteiger partial charge is 0.492 e. The van der Waals surface area contributed by atoms with Crippen molar-refractivity contribution in [1.29, 1.82) is 0 Å². The lowest BCUT2D eigenvalue weighted by atomic mass is 9.76. The van der Waals surface area contributed by atoms with Gasteiger partial charge in [-0.3, -0.25) is 0 Å². The molecule has 4 rings (SSSR count). The van der Waals surface area contributed by atoms with Crippen molar-refractivity contribution in [2.75, 3.05) is 13.7 Å². The van der Waals surface area contributed by atoms with E-state index in [9.17, 15) is 4.39 Å². The molecule has 2 saturated heterocycles. The monoisotopic (exact) mass is 393 g/mol. The van der Waals surface area contributed by atoms with Crippen LogP contribution in [0.2, 0.25) is 10.0 Å². The molecule has 2 unspecified atom stereocenters. The Labute approximate surface area is 163 Å². The molecule has 0 amide bonds. The van der Waals surface area contributed by atoms with E-state index in [0.717, 1.165) is 11.4 Å². The van der Waals surface area contributed by atoms with Gasteiger partial charge < -0.3 is 9.64 Å². The lowest BCUT2D eigenvalue weighted by Gasteiger charge is -2.43. The van der Waals surface area contributed by atoms with E-state index in [4.69, 9.17) is 27.9 Å². The molecule has 2 heterocycles. The van der Waals surface area contributed by atoms with Gasteiger partial charge in [-0.15, -0.1) is 0 Å². The number of ether oxygens (including phenoxy) is 1. The summed E-state index contributed by atoms with van der Waals surface area (Å²) in [4.78, 5) is 2.49. The zero-order valence-corrected chi connectivity index (χ0v) is 16.2. The van der Waals surface area contributed by atoms with Crippen molar-refractivity contribution in [2.45, 2.75) is 37.3 Å². The smallest absolute Gasteiger partial charge is 0.145 e. The van der Waals surface area contributed by atoms with Crippen LogP contribution in [0.5, 0.6) is 5.75 Å². The molecule has 2 aliphatic rings. The number of hydrogen-bond donors (Lipinski definition) is 0. The van der Waals surface area contributed by atoms with Gasteiger partial charge >= 0.3 is 0 Å². The third-order valence-electron chi connectivity index (χ3n) is 6.06. The molecule has 5 heteroatoms. The van der Waals surface area contributed by atoms with Gasteiger partial charge in [-0.05, 0) is 62.1 Å². The van der Waals surface area contributed by atoms with E-state index in [0.29, 0.717) is 36.3 Å².